The van der Waals surface area contributed by atoms with E-state index in [1.165, 1.54) is 12.0 Å². The monoisotopic (exact) mass is 442 g/mol. The van der Waals surface area contributed by atoms with Crippen molar-refractivity contribution in [3.8, 4) is 5.75 Å². The molecule has 2 aliphatic rings. The number of ether oxygens (including phenoxy) is 1. The van der Waals surface area contributed by atoms with E-state index in [1.807, 2.05) is 30.3 Å². The summed E-state index contributed by atoms with van der Waals surface area (Å²) in [5, 5.41) is 15.7. The number of hydrogen-bond donors (Lipinski definition) is 2. The van der Waals surface area contributed by atoms with E-state index in [0.29, 0.717) is 11.6 Å². The number of piperazine rings is 1. The first kappa shape index (κ1) is 22.6. The van der Waals surface area contributed by atoms with E-state index in [2.05, 4.69) is 28.4 Å². The average Bonchev–Trinajstić information content (AvgIpc) is 2.80. The fourth-order valence-electron chi connectivity index (χ4n) is 5.02. The molecule has 2 N–H and O–H groups in total. The minimum absolute atomic E-state index is 0.0711. The van der Waals surface area contributed by atoms with Crippen LogP contribution >= 0.6 is 11.6 Å². The quantitative estimate of drug-likeness (QED) is 0.624. The van der Waals surface area contributed by atoms with Crippen LogP contribution in [0.25, 0.3) is 0 Å². The van der Waals surface area contributed by atoms with Crippen molar-refractivity contribution in [2.24, 2.45) is 0 Å². The SMILES string of the molecule is OC1(C(CN2CCNCC2)c2ccc(OCCc3ccccc3)c(Cl)c2)CCCCC1. The predicted molar refractivity (Wildman–Crippen MR) is 127 cm³/mol. The van der Waals surface area contributed by atoms with Gasteiger partial charge in [0.15, 0.2) is 0 Å². The van der Waals surface area contributed by atoms with Crippen molar-refractivity contribution in [3.05, 3.63) is 64.7 Å². The third kappa shape index (κ3) is 6.01. The number of nitrogens with zero attached hydrogens (tertiary/aromatic N) is 1. The summed E-state index contributed by atoms with van der Waals surface area (Å²) in [6.45, 7) is 5.56. The number of aliphatic hydroxyl groups is 1. The smallest absolute Gasteiger partial charge is 0.137 e. The highest BCUT2D eigenvalue weighted by atomic mass is 35.5. The molecule has 4 rings (SSSR count). The average molecular weight is 443 g/mol. The second-order valence-electron chi connectivity index (χ2n) is 9.04. The zero-order valence-corrected chi connectivity index (χ0v) is 19.1. The Bertz CT molecular complexity index is 817. The van der Waals surface area contributed by atoms with Crippen molar-refractivity contribution in [3.63, 3.8) is 0 Å². The minimum Gasteiger partial charge on any atom is -0.492 e. The summed E-state index contributed by atoms with van der Waals surface area (Å²) in [5.41, 5.74) is 1.73. The van der Waals surface area contributed by atoms with E-state index in [0.717, 1.165) is 76.1 Å². The fourth-order valence-corrected chi connectivity index (χ4v) is 5.27. The topological polar surface area (TPSA) is 44.7 Å². The molecule has 0 aromatic heterocycles. The van der Waals surface area contributed by atoms with Gasteiger partial charge >= 0.3 is 0 Å². The highest BCUT2D eigenvalue weighted by Gasteiger charge is 2.39. The second-order valence-corrected chi connectivity index (χ2v) is 9.45. The van der Waals surface area contributed by atoms with Gasteiger partial charge in [-0.1, -0.05) is 67.3 Å². The lowest BCUT2D eigenvalue weighted by atomic mass is 9.72. The van der Waals surface area contributed by atoms with Crippen LogP contribution in [-0.4, -0.2) is 54.9 Å². The number of benzene rings is 2. The maximum Gasteiger partial charge on any atom is 0.137 e. The zero-order valence-electron chi connectivity index (χ0n) is 18.4. The standard InChI is InChI=1S/C26H35ClN2O2/c27-24-19-22(9-10-25(24)31-18-11-21-7-3-1-4-8-21)23(20-29-16-14-28-15-17-29)26(30)12-5-2-6-13-26/h1,3-4,7-10,19,23,28,30H,2,5-6,11-18,20H2. The van der Waals surface area contributed by atoms with E-state index in [-0.39, 0.29) is 5.92 Å². The van der Waals surface area contributed by atoms with Crippen LogP contribution in [0.3, 0.4) is 0 Å². The van der Waals surface area contributed by atoms with E-state index >= 15 is 0 Å². The molecule has 31 heavy (non-hydrogen) atoms. The second kappa shape index (κ2) is 10.8. The Morgan fingerprint density at radius 3 is 2.48 bits per heavy atom. The Morgan fingerprint density at radius 1 is 1.03 bits per heavy atom. The normalized spacial score (nSPS) is 20.3. The van der Waals surface area contributed by atoms with E-state index in [1.54, 1.807) is 0 Å². The summed E-state index contributed by atoms with van der Waals surface area (Å²) in [5.74, 6) is 0.791. The number of halogens is 1. The first-order valence-corrected chi connectivity index (χ1v) is 12.1. The molecule has 1 aliphatic heterocycles. The lowest BCUT2D eigenvalue weighted by Gasteiger charge is -2.42. The first-order valence-electron chi connectivity index (χ1n) is 11.8. The highest BCUT2D eigenvalue weighted by Crippen LogP contribution is 2.42. The molecule has 0 radical (unpaired) electrons. The van der Waals surface area contributed by atoms with Crippen LogP contribution in [0, 0.1) is 0 Å². The molecule has 0 amide bonds. The Labute approximate surface area is 191 Å². The fraction of sp³-hybridized carbons (Fsp3) is 0.538. The van der Waals surface area contributed by atoms with Gasteiger partial charge in [-0.3, -0.25) is 0 Å². The number of hydrogen-bond acceptors (Lipinski definition) is 4. The Balaban J connectivity index is 1.47. The van der Waals surface area contributed by atoms with E-state index in [4.69, 9.17) is 16.3 Å². The van der Waals surface area contributed by atoms with Crippen molar-refractivity contribution < 1.29 is 9.84 Å². The third-order valence-electron chi connectivity index (χ3n) is 6.87. The van der Waals surface area contributed by atoms with Crippen LogP contribution in [0.15, 0.2) is 48.5 Å². The molecule has 1 aliphatic carbocycles. The third-order valence-corrected chi connectivity index (χ3v) is 7.16. The van der Waals surface area contributed by atoms with E-state index in [9.17, 15) is 5.11 Å². The van der Waals surface area contributed by atoms with Crippen molar-refractivity contribution in [1.82, 2.24) is 10.2 Å². The van der Waals surface area contributed by atoms with Crippen LogP contribution < -0.4 is 10.1 Å². The number of rotatable bonds is 8. The minimum atomic E-state index is -0.651. The van der Waals surface area contributed by atoms with Gasteiger partial charge < -0.3 is 20.1 Å². The lowest BCUT2D eigenvalue weighted by Crippen LogP contribution is -2.49. The van der Waals surface area contributed by atoms with Gasteiger partial charge in [0.1, 0.15) is 5.75 Å². The molecule has 1 saturated carbocycles. The molecular formula is C26H35ClN2O2. The number of nitrogens with one attached hydrogen (secondary N) is 1. The summed E-state index contributed by atoms with van der Waals surface area (Å²) in [6.07, 6.45) is 6.02. The van der Waals surface area contributed by atoms with E-state index < -0.39 is 5.60 Å². The molecule has 1 unspecified atom stereocenters. The maximum absolute atomic E-state index is 11.6. The van der Waals surface area contributed by atoms with Crippen LogP contribution in [0.4, 0.5) is 0 Å². The van der Waals surface area contributed by atoms with Crippen molar-refractivity contribution in [1.29, 1.82) is 0 Å². The van der Waals surface area contributed by atoms with Crippen LogP contribution in [0.1, 0.15) is 49.1 Å². The van der Waals surface area contributed by atoms with Crippen LogP contribution in [0.5, 0.6) is 5.75 Å². The molecular weight excluding hydrogens is 408 g/mol. The largest absolute Gasteiger partial charge is 0.492 e. The molecule has 2 fully saturated rings. The van der Waals surface area contributed by atoms with Gasteiger partial charge in [0.25, 0.3) is 0 Å². The molecule has 1 atom stereocenters. The zero-order chi connectivity index (χ0) is 21.5. The van der Waals surface area contributed by atoms with Gasteiger partial charge in [-0.2, -0.15) is 0 Å². The van der Waals surface area contributed by atoms with Crippen LogP contribution in [0.2, 0.25) is 5.02 Å². The molecule has 2 aromatic carbocycles. The molecule has 2 aromatic rings. The highest BCUT2D eigenvalue weighted by molar-refractivity contribution is 6.32. The molecule has 4 nitrogen and oxygen atoms in total. The van der Waals surface area contributed by atoms with Gasteiger partial charge in [0, 0.05) is 45.1 Å². The van der Waals surface area contributed by atoms with Crippen molar-refractivity contribution in [2.75, 3.05) is 39.3 Å². The molecule has 0 spiro atoms. The summed E-state index contributed by atoms with van der Waals surface area (Å²) in [6, 6.07) is 16.5. The molecule has 0 bridgehead atoms. The molecule has 168 valence electrons. The van der Waals surface area contributed by atoms with Gasteiger partial charge in [-0.25, -0.2) is 0 Å². The Hall–Kier alpha value is -1.59. The van der Waals surface area contributed by atoms with Crippen molar-refractivity contribution >= 4 is 11.6 Å². The molecule has 1 saturated heterocycles. The Morgan fingerprint density at radius 2 is 1.77 bits per heavy atom. The predicted octanol–water partition coefficient (Wildman–Crippen LogP) is 4.65. The molecule has 1 heterocycles. The van der Waals surface area contributed by atoms with Gasteiger partial charge in [-0.05, 0) is 36.1 Å². The molecule has 5 heteroatoms. The summed E-state index contributed by atoms with van der Waals surface area (Å²) in [4.78, 5) is 2.48. The lowest BCUT2D eigenvalue weighted by molar-refractivity contribution is -0.0316. The Kier molecular flexibility index (Phi) is 7.89. The summed E-state index contributed by atoms with van der Waals surface area (Å²) < 4.78 is 5.98. The first-order chi connectivity index (χ1) is 15.1. The summed E-state index contributed by atoms with van der Waals surface area (Å²) in [7, 11) is 0. The maximum atomic E-state index is 11.6. The van der Waals surface area contributed by atoms with Crippen LogP contribution in [-0.2, 0) is 6.42 Å². The van der Waals surface area contributed by atoms with Crippen molar-refractivity contribution in [2.45, 2.75) is 50.0 Å². The van der Waals surface area contributed by atoms with Gasteiger partial charge in [0.05, 0.1) is 17.2 Å². The summed E-state index contributed by atoms with van der Waals surface area (Å²) >= 11 is 6.65. The van der Waals surface area contributed by atoms with Gasteiger partial charge in [-0.15, -0.1) is 0 Å². The van der Waals surface area contributed by atoms with Gasteiger partial charge in [0.2, 0.25) is 0 Å².